The number of nitrogens with zero attached hydrogens (tertiary/aromatic N) is 1. The van der Waals surface area contributed by atoms with Crippen molar-refractivity contribution < 1.29 is 4.79 Å². The molecular formula is C17H32N2O. The van der Waals surface area contributed by atoms with E-state index in [1.165, 1.54) is 25.7 Å². The molecular weight excluding hydrogens is 248 g/mol. The van der Waals surface area contributed by atoms with Crippen molar-refractivity contribution in [3.63, 3.8) is 0 Å². The van der Waals surface area contributed by atoms with Crippen molar-refractivity contribution in [3.05, 3.63) is 0 Å². The average molecular weight is 280 g/mol. The normalized spacial score (nSPS) is 29.9. The van der Waals surface area contributed by atoms with Crippen molar-refractivity contribution in [1.29, 1.82) is 0 Å². The summed E-state index contributed by atoms with van der Waals surface area (Å²) in [5.74, 6) is 0.840. The molecule has 0 spiro atoms. The van der Waals surface area contributed by atoms with Gasteiger partial charge in [-0.25, -0.2) is 0 Å². The van der Waals surface area contributed by atoms with Gasteiger partial charge in [-0.05, 0) is 37.1 Å². The second-order valence-corrected chi connectivity index (χ2v) is 7.24. The number of carbonyl (C=O) groups excluding carboxylic acids is 1. The molecule has 1 atom stereocenters. The van der Waals surface area contributed by atoms with Gasteiger partial charge >= 0.3 is 0 Å². The van der Waals surface area contributed by atoms with Crippen molar-refractivity contribution in [1.82, 2.24) is 10.2 Å². The maximum absolute atomic E-state index is 13.0. The lowest BCUT2D eigenvalue weighted by molar-refractivity contribution is -0.146. The lowest BCUT2D eigenvalue weighted by atomic mass is 9.72. The zero-order chi connectivity index (χ0) is 14.8. The summed E-state index contributed by atoms with van der Waals surface area (Å²) in [7, 11) is 0. The van der Waals surface area contributed by atoms with Gasteiger partial charge < -0.3 is 10.2 Å². The van der Waals surface area contributed by atoms with E-state index in [1.807, 2.05) is 0 Å². The molecule has 20 heavy (non-hydrogen) atoms. The van der Waals surface area contributed by atoms with E-state index in [0.29, 0.717) is 17.2 Å². The zero-order valence-electron chi connectivity index (χ0n) is 13.8. The van der Waals surface area contributed by atoms with Crippen molar-refractivity contribution in [2.45, 2.75) is 59.8 Å². The summed E-state index contributed by atoms with van der Waals surface area (Å²) < 4.78 is 0. The molecule has 0 aromatic rings. The number of hydrogen-bond acceptors (Lipinski definition) is 2. The summed E-state index contributed by atoms with van der Waals surface area (Å²) >= 11 is 0. The number of carbonyl (C=O) groups is 1. The molecule has 0 aromatic carbocycles. The molecule has 3 nitrogen and oxygen atoms in total. The van der Waals surface area contributed by atoms with E-state index < -0.39 is 0 Å². The maximum atomic E-state index is 13.0. The Balaban J connectivity index is 2.04. The van der Waals surface area contributed by atoms with E-state index in [4.69, 9.17) is 0 Å². The van der Waals surface area contributed by atoms with E-state index in [9.17, 15) is 4.79 Å². The molecule has 2 fully saturated rings. The van der Waals surface area contributed by atoms with Crippen LogP contribution in [0.4, 0.5) is 0 Å². The third-order valence-corrected chi connectivity index (χ3v) is 6.33. The largest absolute Gasteiger partial charge is 0.342 e. The Labute approximate surface area is 124 Å². The first kappa shape index (κ1) is 15.8. The molecule has 0 bridgehead atoms. The number of piperidine rings is 1. The fourth-order valence-corrected chi connectivity index (χ4v) is 4.09. The van der Waals surface area contributed by atoms with Gasteiger partial charge in [0.2, 0.25) is 5.91 Å². The molecule has 3 heteroatoms. The highest BCUT2D eigenvalue weighted by molar-refractivity contribution is 5.83. The number of amides is 1. The fourth-order valence-electron chi connectivity index (χ4n) is 4.09. The fraction of sp³-hybridized carbons (Fsp3) is 0.941. The van der Waals surface area contributed by atoms with Crippen LogP contribution >= 0.6 is 0 Å². The average Bonchev–Trinajstić information content (AvgIpc) is 2.97. The number of rotatable bonds is 4. The molecule has 2 aliphatic heterocycles. The number of likely N-dealkylation sites (tertiary alicyclic amines) is 1. The monoisotopic (exact) mass is 280 g/mol. The summed E-state index contributed by atoms with van der Waals surface area (Å²) in [6.45, 7) is 12.8. The van der Waals surface area contributed by atoms with Crippen LogP contribution < -0.4 is 5.32 Å². The molecule has 116 valence electrons. The Hall–Kier alpha value is -0.570. The second kappa shape index (κ2) is 6.05. The summed E-state index contributed by atoms with van der Waals surface area (Å²) in [6, 6.07) is 0. The topological polar surface area (TPSA) is 32.3 Å². The van der Waals surface area contributed by atoms with Crippen molar-refractivity contribution in [2.24, 2.45) is 16.7 Å². The van der Waals surface area contributed by atoms with Gasteiger partial charge in [0.1, 0.15) is 0 Å². The van der Waals surface area contributed by atoms with Crippen LogP contribution in [0.3, 0.4) is 0 Å². The molecule has 0 aliphatic carbocycles. The van der Waals surface area contributed by atoms with Gasteiger partial charge in [-0.3, -0.25) is 4.79 Å². The molecule has 2 saturated heterocycles. The van der Waals surface area contributed by atoms with Gasteiger partial charge in [-0.2, -0.15) is 0 Å². The quantitative estimate of drug-likeness (QED) is 0.858. The molecule has 1 N–H and O–H groups in total. The Morgan fingerprint density at radius 2 is 1.75 bits per heavy atom. The van der Waals surface area contributed by atoms with Crippen LogP contribution in [-0.4, -0.2) is 37.0 Å². The minimum Gasteiger partial charge on any atom is -0.342 e. The van der Waals surface area contributed by atoms with Crippen molar-refractivity contribution in [2.75, 3.05) is 26.2 Å². The van der Waals surface area contributed by atoms with Crippen LogP contribution in [0.25, 0.3) is 0 Å². The summed E-state index contributed by atoms with van der Waals surface area (Å²) in [6.07, 6.45) is 5.89. The first-order valence-electron chi connectivity index (χ1n) is 8.50. The molecule has 2 rings (SSSR count). The standard InChI is InChI=1S/C17H32N2O/c1-5-16(6-2)8-11-19(12-9-16)15(20)17(14(3)4)7-10-18-13-17/h14,18H,5-13H2,1-4H3. The van der Waals surface area contributed by atoms with E-state index in [-0.39, 0.29) is 5.41 Å². The van der Waals surface area contributed by atoms with Crippen molar-refractivity contribution in [3.8, 4) is 0 Å². The smallest absolute Gasteiger partial charge is 0.230 e. The first-order valence-corrected chi connectivity index (χ1v) is 8.50. The van der Waals surface area contributed by atoms with Crippen LogP contribution in [0.2, 0.25) is 0 Å². The first-order chi connectivity index (χ1) is 9.49. The van der Waals surface area contributed by atoms with E-state index in [2.05, 4.69) is 37.9 Å². The molecule has 2 aliphatic rings. The molecule has 0 aromatic heterocycles. The Bertz CT molecular complexity index is 331. The summed E-state index contributed by atoms with van der Waals surface area (Å²) in [5.41, 5.74) is 0.355. The molecule has 0 saturated carbocycles. The van der Waals surface area contributed by atoms with Crippen molar-refractivity contribution >= 4 is 5.91 Å². The SMILES string of the molecule is CCC1(CC)CCN(C(=O)C2(C(C)C)CCNC2)CC1. The lowest BCUT2D eigenvalue weighted by Crippen LogP contribution is -2.52. The molecule has 1 amide bonds. The number of hydrogen-bond donors (Lipinski definition) is 1. The summed E-state index contributed by atoms with van der Waals surface area (Å²) in [4.78, 5) is 15.2. The van der Waals surface area contributed by atoms with E-state index in [1.54, 1.807) is 0 Å². The van der Waals surface area contributed by atoms with Gasteiger partial charge in [-0.15, -0.1) is 0 Å². The Morgan fingerprint density at radius 3 is 2.15 bits per heavy atom. The predicted octanol–water partition coefficient (Wildman–Crippen LogP) is 3.05. The van der Waals surface area contributed by atoms with Crippen LogP contribution in [0.5, 0.6) is 0 Å². The third-order valence-electron chi connectivity index (χ3n) is 6.33. The Kier molecular flexibility index (Phi) is 4.78. The highest BCUT2D eigenvalue weighted by Gasteiger charge is 2.47. The Morgan fingerprint density at radius 1 is 1.15 bits per heavy atom. The van der Waals surface area contributed by atoms with Gasteiger partial charge in [-0.1, -0.05) is 40.5 Å². The lowest BCUT2D eigenvalue weighted by Gasteiger charge is -2.44. The van der Waals surface area contributed by atoms with Gasteiger partial charge in [0.15, 0.2) is 0 Å². The van der Waals surface area contributed by atoms with Gasteiger partial charge in [0, 0.05) is 19.6 Å². The van der Waals surface area contributed by atoms with E-state index in [0.717, 1.165) is 32.6 Å². The number of nitrogens with one attached hydrogen (secondary N) is 1. The molecule has 2 heterocycles. The molecule has 1 unspecified atom stereocenters. The third kappa shape index (κ3) is 2.61. The summed E-state index contributed by atoms with van der Waals surface area (Å²) in [5, 5.41) is 3.41. The highest BCUT2D eigenvalue weighted by Crippen LogP contribution is 2.41. The molecule has 0 radical (unpaired) electrons. The van der Waals surface area contributed by atoms with Gasteiger partial charge in [0.25, 0.3) is 0 Å². The minimum atomic E-state index is -0.140. The second-order valence-electron chi connectivity index (χ2n) is 7.24. The van der Waals surface area contributed by atoms with Crippen LogP contribution in [0.1, 0.15) is 59.8 Å². The highest BCUT2D eigenvalue weighted by atomic mass is 16.2. The van der Waals surface area contributed by atoms with Crippen LogP contribution in [-0.2, 0) is 4.79 Å². The van der Waals surface area contributed by atoms with Gasteiger partial charge in [0.05, 0.1) is 5.41 Å². The van der Waals surface area contributed by atoms with E-state index >= 15 is 0 Å². The predicted molar refractivity (Wildman–Crippen MR) is 83.6 cm³/mol. The maximum Gasteiger partial charge on any atom is 0.230 e. The zero-order valence-corrected chi connectivity index (χ0v) is 13.8. The minimum absolute atomic E-state index is 0.140. The van der Waals surface area contributed by atoms with Crippen LogP contribution in [0.15, 0.2) is 0 Å². The van der Waals surface area contributed by atoms with Crippen LogP contribution in [0, 0.1) is 16.7 Å².